The van der Waals surface area contributed by atoms with Crippen LogP contribution in [0.25, 0.3) is 0 Å². The first-order chi connectivity index (χ1) is 7.04. The minimum atomic E-state index is -0.143. The van der Waals surface area contributed by atoms with E-state index in [9.17, 15) is 4.39 Å². The molecule has 0 amide bonds. The van der Waals surface area contributed by atoms with Gasteiger partial charge >= 0.3 is 0 Å². The molecule has 15 heavy (non-hydrogen) atoms. The molecule has 0 heterocycles. The maximum absolute atomic E-state index is 13.7. The Morgan fingerprint density at radius 1 is 1.40 bits per heavy atom. The molecule has 0 saturated carbocycles. The van der Waals surface area contributed by atoms with Crippen LogP contribution < -0.4 is 4.90 Å². The van der Waals surface area contributed by atoms with Crippen LogP contribution in [0, 0.1) is 11.7 Å². The number of rotatable bonds is 4. The highest BCUT2D eigenvalue weighted by molar-refractivity contribution is 9.08. The van der Waals surface area contributed by atoms with Gasteiger partial charge in [0.15, 0.2) is 0 Å². The van der Waals surface area contributed by atoms with E-state index >= 15 is 0 Å². The molecule has 0 N–H and O–H groups in total. The molecule has 1 nitrogen and oxygen atoms in total. The van der Waals surface area contributed by atoms with E-state index in [0.717, 1.165) is 12.1 Å². The summed E-state index contributed by atoms with van der Waals surface area (Å²) in [6, 6.07) is 5.37. The van der Waals surface area contributed by atoms with E-state index in [-0.39, 0.29) is 5.82 Å². The van der Waals surface area contributed by atoms with Gasteiger partial charge in [-0.3, -0.25) is 0 Å². The maximum Gasteiger partial charge on any atom is 0.146 e. The first-order valence-corrected chi connectivity index (χ1v) is 6.22. The molecule has 0 unspecified atom stereocenters. The molecule has 0 saturated heterocycles. The van der Waals surface area contributed by atoms with Crippen molar-refractivity contribution >= 4 is 21.6 Å². The molecule has 0 fully saturated rings. The van der Waals surface area contributed by atoms with Crippen molar-refractivity contribution in [2.45, 2.75) is 19.2 Å². The van der Waals surface area contributed by atoms with Crippen LogP contribution in [0.15, 0.2) is 18.2 Å². The molecule has 1 rings (SSSR count). The van der Waals surface area contributed by atoms with Crippen molar-refractivity contribution in [2.24, 2.45) is 5.92 Å². The van der Waals surface area contributed by atoms with E-state index in [0.29, 0.717) is 16.9 Å². The molecule has 0 bridgehead atoms. The highest BCUT2D eigenvalue weighted by Crippen LogP contribution is 2.21. The van der Waals surface area contributed by atoms with E-state index in [1.807, 2.05) is 24.1 Å². The van der Waals surface area contributed by atoms with E-state index in [4.69, 9.17) is 0 Å². The fourth-order valence-corrected chi connectivity index (χ4v) is 1.94. The lowest BCUT2D eigenvalue weighted by molar-refractivity contribution is 0.599. The standard InChI is InChI=1S/C12H17BrFN/c1-9(2)8-15(3)12-5-4-10(7-13)6-11(12)14/h4-6,9H,7-8H2,1-3H3. The lowest BCUT2D eigenvalue weighted by Gasteiger charge is -2.22. The maximum atomic E-state index is 13.7. The summed E-state index contributed by atoms with van der Waals surface area (Å²) in [5, 5.41) is 0.693. The van der Waals surface area contributed by atoms with Crippen molar-refractivity contribution in [1.82, 2.24) is 0 Å². The summed E-state index contributed by atoms with van der Waals surface area (Å²) in [6.07, 6.45) is 0. The van der Waals surface area contributed by atoms with Crippen LogP contribution in [0.3, 0.4) is 0 Å². The van der Waals surface area contributed by atoms with Crippen LogP contribution in [0.5, 0.6) is 0 Å². The monoisotopic (exact) mass is 273 g/mol. The van der Waals surface area contributed by atoms with Crippen molar-refractivity contribution in [2.75, 3.05) is 18.5 Å². The zero-order chi connectivity index (χ0) is 11.4. The Labute approximate surface area is 99.4 Å². The summed E-state index contributed by atoms with van der Waals surface area (Å²) in [4.78, 5) is 1.96. The van der Waals surface area contributed by atoms with E-state index in [1.165, 1.54) is 0 Å². The molecule has 1 aromatic carbocycles. The largest absolute Gasteiger partial charge is 0.372 e. The SMILES string of the molecule is CC(C)CN(C)c1ccc(CBr)cc1F. The number of halogens is 2. The molecular weight excluding hydrogens is 257 g/mol. The quantitative estimate of drug-likeness (QED) is 0.754. The number of benzene rings is 1. The Hall–Kier alpha value is -0.570. The third kappa shape index (κ3) is 3.49. The second kappa shape index (κ2) is 5.50. The molecule has 0 spiro atoms. The van der Waals surface area contributed by atoms with Gasteiger partial charge in [0.2, 0.25) is 0 Å². The molecule has 0 radical (unpaired) electrons. The van der Waals surface area contributed by atoms with Gasteiger partial charge < -0.3 is 4.90 Å². The molecule has 0 aliphatic carbocycles. The average molecular weight is 274 g/mol. The Balaban J connectivity index is 2.85. The normalized spacial score (nSPS) is 10.8. The molecule has 3 heteroatoms. The van der Waals surface area contributed by atoms with Gasteiger partial charge in [0, 0.05) is 18.9 Å². The molecule has 0 aliphatic heterocycles. The van der Waals surface area contributed by atoms with Crippen molar-refractivity contribution in [3.8, 4) is 0 Å². The summed E-state index contributed by atoms with van der Waals surface area (Å²) >= 11 is 3.31. The van der Waals surface area contributed by atoms with Crippen LogP contribution in [0.1, 0.15) is 19.4 Å². The molecule has 1 aromatic rings. The van der Waals surface area contributed by atoms with Crippen LogP contribution in [-0.4, -0.2) is 13.6 Å². The smallest absolute Gasteiger partial charge is 0.146 e. The molecule has 0 aromatic heterocycles. The van der Waals surface area contributed by atoms with Crippen molar-refractivity contribution in [3.05, 3.63) is 29.6 Å². The Bertz CT molecular complexity index is 325. The van der Waals surface area contributed by atoms with E-state index < -0.39 is 0 Å². The number of anilines is 1. The number of hydrogen-bond acceptors (Lipinski definition) is 1. The Kier molecular flexibility index (Phi) is 4.58. The lowest BCUT2D eigenvalue weighted by atomic mass is 10.1. The molecular formula is C12H17BrFN. The zero-order valence-electron chi connectivity index (χ0n) is 9.43. The van der Waals surface area contributed by atoms with Gasteiger partial charge in [-0.05, 0) is 23.6 Å². The fraction of sp³-hybridized carbons (Fsp3) is 0.500. The molecule has 0 aliphatic rings. The van der Waals surface area contributed by atoms with E-state index in [2.05, 4.69) is 29.8 Å². The number of hydrogen-bond donors (Lipinski definition) is 0. The third-order valence-electron chi connectivity index (χ3n) is 2.22. The molecule has 84 valence electrons. The van der Waals surface area contributed by atoms with Crippen molar-refractivity contribution in [1.29, 1.82) is 0 Å². The number of alkyl halides is 1. The van der Waals surface area contributed by atoms with Crippen molar-refractivity contribution in [3.63, 3.8) is 0 Å². The predicted molar refractivity (Wildman–Crippen MR) is 67.1 cm³/mol. The number of nitrogens with zero attached hydrogens (tertiary/aromatic N) is 1. The summed E-state index contributed by atoms with van der Waals surface area (Å²) in [5.41, 5.74) is 1.64. The van der Waals surface area contributed by atoms with E-state index in [1.54, 1.807) is 6.07 Å². The van der Waals surface area contributed by atoms with Gasteiger partial charge in [0.05, 0.1) is 5.69 Å². The average Bonchev–Trinajstić information content (AvgIpc) is 2.16. The summed E-state index contributed by atoms with van der Waals surface area (Å²) in [5.74, 6) is 0.389. The van der Waals surface area contributed by atoms with Crippen LogP contribution in [0.2, 0.25) is 0 Å². The predicted octanol–water partition coefficient (Wildman–Crippen LogP) is 3.81. The van der Waals surface area contributed by atoms with Gasteiger partial charge in [0.25, 0.3) is 0 Å². The van der Waals surface area contributed by atoms with Gasteiger partial charge in [-0.1, -0.05) is 35.8 Å². The second-order valence-corrected chi connectivity index (χ2v) is 4.75. The van der Waals surface area contributed by atoms with Gasteiger partial charge in [0.1, 0.15) is 5.82 Å². The summed E-state index contributed by atoms with van der Waals surface area (Å²) in [7, 11) is 1.92. The fourth-order valence-electron chi connectivity index (χ4n) is 1.59. The van der Waals surface area contributed by atoms with Gasteiger partial charge in [-0.2, -0.15) is 0 Å². The minimum absolute atomic E-state index is 0.143. The summed E-state index contributed by atoms with van der Waals surface area (Å²) < 4.78 is 13.7. The van der Waals surface area contributed by atoms with Gasteiger partial charge in [-0.25, -0.2) is 4.39 Å². The van der Waals surface area contributed by atoms with Crippen LogP contribution in [-0.2, 0) is 5.33 Å². The zero-order valence-corrected chi connectivity index (χ0v) is 11.0. The summed E-state index contributed by atoms with van der Waals surface area (Å²) in [6.45, 7) is 5.12. The first kappa shape index (κ1) is 12.5. The second-order valence-electron chi connectivity index (χ2n) is 4.19. The highest BCUT2D eigenvalue weighted by atomic mass is 79.9. The Morgan fingerprint density at radius 2 is 2.07 bits per heavy atom. The van der Waals surface area contributed by atoms with Crippen molar-refractivity contribution < 1.29 is 4.39 Å². The lowest BCUT2D eigenvalue weighted by Crippen LogP contribution is -2.23. The van der Waals surface area contributed by atoms with Crippen LogP contribution in [0.4, 0.5) is 10.1 Å². The van der Waals surface area contributed by atoms with Crippen LogP contribution >= 0.6 is 15.9 Å². The van der Waals surface area contributed by atoms with Gasteiger partial charge in [-0.15, -0.1) is 0 Å². The topological polar surface area (TPSA) is 3.24 Å². The Morgan fingerprint density at radius 3 is 2.53 bits per heavy atom. The third-order valence-corrected chi connectivity index (χ3v) is 2.86. The molecule has 0 atom stereocenters. The minimum Gasteiger partial charge on any atom is -0.372 e. The first-order valence-electron chi connectivity index (χ1n) is 5.10. The highest BCUT2D eigenvalue weighted by Gasteiger charge is 2.09.